The van der Waals surface area contributed by atoms with E-state index in [1.165, 1.54) is 24.2 Å². The summed E-state index contributed by atoms with van der Waals surface area (Å²) in [6.07, 6.45) is 4.81. The highest BCUT2D eigenvalue weighted by Gasteiger charge is 2.18. The number of hydrogen-bond acceptors (Lipinski definition) is 3. The van der Waals surface area contributed by atoms with Gasteiger partial charge in [-0.05, 0) is 41.6 Å². The van der Waals surface area contributed by atoms with Crippen LogP contribution in [0.2, 0.25) is 0 Å². The van der Waals surface area contributed by atoms with Crippen molar-refractivity contribution in [1.29, 1.82) is 0 Å². The maximum absolute atomic E-state index is 4.56. The van der Waals surface area contributed by atoms with Crippen LogP contribution in [0.25, 0.3) is 4.96 Å². The lowest BCUT2D eigenvalue weighted by molar-refractivity contribution is 0.648. The topological polar surface area (TPSA) is 30.2 Å². The van der Waals surface area contributed by atoms with Crippen molar-refractivity contribution in [2.45, 2.75) is 25.7 Å². The molecule has 13 heavy (non-hydrogen) atoms. The summed E-state index contributed by atoms with van der Waals surface area (Å²) in [6, 6.07) is 0. The Kier molecular flexibility index (Phi) is 1.70. The van der Waals surface area contributed by atoms with Crippen LogP contribution in [0.5, 0.6) is 0 Å². The van der Waals surface area contributed by atoms with Crippen molar-refractivity contribution in [2.75, 3.05) is 0 Å². The summed E-state index contributed by atoms with van der Waals surface area (Å²) in [4.78, 5) is 5.59. The van der Waals surface area contributed by atoms with Gasteiger partial charge in [0.25, 0.3) is 0 Å². The third-order valence-corrected chi connectivity index (χ3v) is 3.77. The Hall–Kier alpha value is -0.420. The van der Waals surface area contributed by atoms with Crippen LogP contribution < -0.4 is 0 Å². The molecule has 0 bridgehead atoms. The second kappa shape index (κ2) is 2.78. The van der Waals surface area contributed by atoms with Crippen molar-refractivity contribution in [1.82, 2.24) is 14.6 Å². The molecule has 2 heterocycles. The maximum atomic E-state index is 4.56. The monoisotopic (exact) mass is 257 g/mol. The molecule has 0 saturated heterocycles. The standard InChI is InChI=1S/C8H8BrN3S/c9-7-11-12-6-4-2-1-3-5(6)10-8(12)13-7/h1-4H2. The minimum atomic E-state index is 0.920. The summed E-state index contributed by atoms with van der Waals surface area (Å²) in [5, 5.41) is 4.38. The van der Waals surface area contributed by atoms with Gasteiger partial charge in [0.15, 0.2) is 3.92 Å². The molecular weight excluding hydrogens is 250 g/mol. The van der Waals surface area contributed by atoms with E-state index in [1.54, 1.807) is 11.3 Å². The van der Waals surface area contributed by atoms with E-state index in [4.69, 9.17) is 0 Å². The van der Waals surface area contributed by atoms with Gasteiger partial charge < -0.3 is 0 Å². The predicted octanol–water partition coefficient (Wildman–Crippen LogP) is 2.43. The first-order valence-corrected chi connectivity index (χ1v) is 5.98. The van der Waals surface area contributed by atoms with Crippen LogP contribution >= 0.6 is 27.3 Å². The molecule has 0 radical (unpaired) electrons. The van der Waals surface area contributed by atoms with E-state index in [0.717, 1.165) is 21.7 Å². The van der Waals surface area contributed by atoms with Crippen LogP contribution in [-0.4, -0.2) is 14.6 Å². The van der Waals surface area contributed by atoms with E-state index in [2.05, 4.69) is 26.0 Å². The maximum Gasteiger partial charge on any atom is 0.213 e. The third-order valence-electron chi connectivity index (χ3n) is 2.43. The molecule has 0 atom stereocenters. The van der Waals surface area contributed by atoms with Crippen molar-refractivity contribution in [3.8, 4) is 0 Å². The van der Waals surface area contributed by atoms with Gasteiger partial charge in [0.1, 0.15) is 0 Å². The third kappa shape index (κ3) is 1.14. The molecule has 0 amide bonds. The van der Waals surface area contributed by atoms with Crippen LogP contribution in [0, 0.1) is 0 Å². The van der Waals surface area contributed by atoms with E-state index in [9.17, 15) is 0 Å². The highest BCUT2D eigenvalue weighted by molar-refractivity contribution is 9.11. The number of aryl methyl sites for hydroxylation is 2. The van der Waals surface area contributed by atoms with Crippen LogP contribution in [0.3, 0.4) is 0 Å². The molecule has 0 spiro atoms. The highest BCUT2D eigenvalue weighted by Crippen LogP contribution is 2.26. The summed E-state index contributed by atoms with van der Waals surface area (Å²) in [6.45, 7) is 0. The van der Waals surface area contributed by atoms with Gasteiger partial charge in [0.05, 0.1) is 11.4 Å². The molecule has 68 valence electrons. The largest absolute Gasteiger partial charge is 0.222 e. The fraction of sp³-hybridized carbons (Fsp3) is 0.500. The van der Waals surface area contributed by atoms with E-state index in [0.29, 0.717) is 0 Å². The summed E-state index contributed by atoms with van der Waals surface area (Å²) in [5.41, 5.74) is 2.58. The summed E-state index contributed by atoms with van der Waals surface area (Å²) < 4.78 is 2.91. The fourth-order valence-corrected chi connectivity index (χ4v) is 3.10. The molecule has 0 saturated carbocycles. The molecule has 0 N–H and O–H groups in total. The molecule has 3 rings (SSSR count). The summed E-state index contributed by atoms with van der Waals surface area (Å²) in [7, 11) is 0. The van der Waals surface area contributed by atoms with Gasteiger partial charge in [0.2, 0.25) is 4.96 Å². The van der Waals surface area contributed by atoms with Crippen LogP contribution in [-0.2, 0) is 12.8 Å². The molecule has 5 heteroatoms. The van der Waals surface area contributed by atoms with Crippen LogP contribution in [0.4, 0.5) is 0 Å². The molecule has 0 aliphatic heterocycles. The van der Waals surface area contributed by atoms with Crippen LogP contribution in [0.15, 0.2) is 3.92 Å². The van der Waals surface area contributed by atoms with Gasteiger partial charge >= 0.3 is 0 Å². The van der Waals surface area contributed by atoms with E-state index in [1.807, 2.05) is 4.52 Å². The second-order valence-corrected chi connectivity index (χ2v) is 5.49. The highest BCUT2D eigenvalue weighted by atomic mass is 79.9. The van der Waals surface area contributed by atoms with Crippen molar-refractivity contribution >= 4 is 32.2 Å². The molecule has 3 nitrogen and oxygen atoms in total. The van der Waals surface area contributed by atoms with Gasteiger partial charge in [-0.2, -0.15) is 0 Å². The molecule has 1 aliphatic carbocycles. The summed E-state index contributed by atoms with van der Waals surface area (Å²) >= 11 is 4.98. The van der Waals surface area contributed by atoms with Gasteiger partial charge in [0, 0.05) is 0 Å². The van der Waals surface area contributed by atoms with Crippen molar-refractivity contribution < 1.29 is 0 Å². The van der Waals surface area contributed by atoms with E-state index in [-0.39, 0.29) is 0 Å². The molecule has 2 aromatic rings. The zero-order chi connectivity index (χ0) is 8.84. The number of hydrogen-bond donors (Lipinski definition) is 0. The first-order valence-electron chi connectivity index (χ1n) is 4.37. The van der Waals surface area contributed by atoms with E-state index >= 15 is 0 Å². The number of aromatic nitrogens is 3. The Labute approximate surface area is 87.9 Å². The fourth-order valence-electron chi connectivity index (χ4n) is 1.84. The van der Waals surface area contributed by atoms with Crippen molar-refractivity contribution in [2.24, 2.45) is 0 Å². The molecular formula is C8H8BrN3S. The smallest absolute Gasteiger partial charge is 0.213 e. The Balaban J connectivity index is 2.30. The average Bonchev–Trinajstić information content (AvgIpc) is 2.60. The van der Waals surface area contributed by atoms with E-state index < -0.39 is 0 Å². The van der Waals surface area contributed by atoms with Gasteiger partial charge in [-0.15, -0.1) is 5.10 Å². The molecule has 2 aromatic heterocycles. The van der Waals surface area contributed by atoms with Crippen molar-refractivity contribution in [3.05, 3.63) is 15.3 Å². The predicted molar refractivity (Wildman–Crippen MR) is 55.2 cm³/mol. The molecule has 1 aliphatic rings. The number of rotatable bonds is 0. The van der Waals surface area contributed by atoms with Crippen LogP contribution in [0.1, 0.15) is 24.2 Å². The quantitative estimate of drug-likeness (QED) is 0.726. The zero-order valence-corrected chi connectivity index (χ0v) is 9.36. The minimum Gasteiger partial charge on any atom is -0.222 e. The lowest BCUT2D eigenvalue weighted by atomic mass is 10.0. The number of halogens is 1. The minimum absolute atomic E-state index is 0.920. The normalized spacial score (nSPS) is 16.4. The number of nitrogens with zero attached hydrogens (tertiary/aromatic N) is 3. The Bertz CT molecular complexity index is 459. The average molecular weight is 258 g/mol. The number of imidazole rings is 1. The van der Waals surface area contributed by atoms with Crippen molar-refractivity contribution in [3.63, 3.8) is 0 Å². The Morgan fingerprint density at radius 1 is 1.31 bits per heavy atom. The Morgan fingerprint density at radius 3 is 3.08 bits per heavy atom. The first-order chi connectivity index (χ1) is 6.34. The second-order valence-electron chi connectivity index (χ2n) is 3.26. The van der Waals surface area contributed by atoms with Gasteiger partial charge in [-0.1, -0.05) is 11.3 Å². The Morgan fingerprint density at radius 2 is 2.15 bits per heavy atom. The first kappa shape index (κ1) is 7.94. The number of fused-ring (bicyclic) bond motifs is 3. The molecule has 0 fully saturated rings. The van der Waals surface area contributed by atoms with Gasteiger partial charge in [-0.25, -0.2) is 9.50 Å². The lowest BCUT2D eigenvalue weighted by Gasteiger charge is -2.08. The van der Waals surface area contributed by atoms with Gasteiger partial charge in [-0.3, -0.25) is 0 Å². The molecule has 0 unspecified atom stereocenters. The molecule has 0 aromatic carbocycles. The SMILES string of the molecule is Brc1nn2c3c(nc2s1)CCCC3. The lowest BCUT2D eigenvalue weighted by Crippen LogP contribution is -2.04. The summed E-state index contributed by atoms with van der Waals surface area (Å²) in [5.74, 6) is 0. The zero-order valence-electron chi connectivity index (χ0n) is 6.96.